The molecule has 1 amide bonds. The fourth-order valence-corrected chi connectivity index (χ4v) is 2.27. The molecule has 1 heterocycles. The first-order valence-corrected chi connectivity index (χ1v) is 6.96. The van der Waals surface area contributed by atoms with Crippen LogP contribution in [-0.2, 0) is 0 Å². The topological polar surface area (TPSA) is 51.2 Å². The summed E-state index contributed by atoms with van der Waals surface area (Å²) in [5.74, 6) is 0.156. The minimum absolute atomic E-state index is 0.272. The van der Waals surface area contributed by atoms with Gasteiger partial charge in [-0.05, 0) is 53.2 Å². The van der Waals surface area contributed by atoms with Crippen molar-refractivity contribution < 1.29 is 9.53 Å². The van der Waals surface area contributed by atoms with Crippen LogP contribution in [0.1, 0.15) is 16.1 Å². The van der Waals surface area contributed by atoms with E-state index in [0.717, 1.165) is 10.3 Å². The predicted octanol–water partition coefficient (Wildman–Crippen LogP) is 4.07. The third-order valence-electron chi connectivity index (χ3n) is 2.71. The second-order valence-corrected chi connectivity index (χ2v) is 5.31. The van der Waals surface area contributed by atoms with Crippen molar-refractivity contribution in [3.63, 3.8) is 0 Å². The van der Waals surface area contributed by atoms with Gasteiger partial charge in [-0.25, -0.2) is 4.98 Å². The van der Waals surface area contributed by atoms with E-state index in [4.69, 9.17) is 16.3 Å². The quantitative estimate of drug-likeness (QED) is 0.845. The molecule has 0 aliphatic heterocycles. The SMILES string of the molecule is COc1cc(Cl)ccc1C(=O)Nc1ccc(Br)nc1C. The maximum Gasteiger partial charge on any atom is 0.259 e. The van der Waals surface area contributed by atoms with Gasteiger partial charge in [-0.3, -0.25) is 4.79 Å². The summed E-state index contributed by atoms with van der Waals surface area (Å²) in [7, 11) is 1.49. The normalized spacial score (nSPS) is 10.2. The van der Waals surface area contributed by atoms with Gasteiger partial charge < -0.3 is 10.1 Å². The number of aromatic nitrogens is 1. The van der Waals surface area contributed by atoms with Gasteiger partial charge in [0, 0.05) is 5.02 Å². The molecule has 4 nitrogen and oxygen atoms in total. The van der Waals surface area contributed by atoms with Gasteiger partial charge in [0.2, 0.25) is 0 Å². The number of carbonyl (C=O) groups is 1. The smallest absolute Gasteiger partial charge is 0.259 e. The van der Waals surface area contributed by atoms with Crippen LogP contribution in [0.2, 0.25) is 5.02 Å². The van der Waals surface area contributed by atoms with Gasteiger partial charge in [0.15, 0.2) is 0 Å². The number of hydrogen-bond acceptors (Lipinski definition) is 3. The molecule has 0 saturated heterocycles. The molecule has 0 fully saturated rings. The molecule has 0 aliphatic rings. The number of anilines is 1. The van der Waals surface area contributed by atoms with Crippen molar-refractivity contribution in [2.24, 2.45) is 0 Å². The molecule has 20 heavy (non-hydrogen) atoms. The number of halogens is 2. The molecule has 0 saturated carbocycles. The molecule has 0 radical (unpaired) electrons. The van der Waals surface area contributed by atoms with E-state index in [9.17, 15) is 4.79 Å². The van der Waals surface area contributed by atoms with Crippen LogP contribution in [-0.4, -0.2) is 18.0 Å². The highest BCUT2D eigenvalue weighted by Crippen LogP contribution is 2.25. The highest BCUT2D eigenvalue weighted by molar-refractivity contribution is 9.10. The molecule has 1 N–H and O–H groups in total. The largest absolute Gasteiger partial charge is 0.496 e. The number of carbonyl (C=O) groups excluding carboxylic acids is 1. The lowest BCUT2D eigenvalue weighted by molar-refractivity contribution is 0.102. The van der Waals surface area contributed by atoms with E-state index in [0.29, 0.717) is 22.0 Å². The van der Waals surface area contributed by atoms with Crippen LogP contribution >= 0.6 is 27.5 Å². The van der Waals surface area contributed by atoms with Crippen molar-refractivity contribution in [2.45, 2.75) is 6.92 Å². The van der Waals surface area contributed by atoms with Gasteiger partial charge in [-0.1, -0.05) is 11.6 Å². The van der Waals surface area contributed by atoms with Crippen molar-refractivity contribution >= 4 is 39.1 Å². The van der Waals surface area contributed by atoms with Crippen LogP contribution in [0, 0.1) is 6.92 Å². The Balaban J connectivity index is 2.28. The van der Waals surface area contributed by atoms with E-state index in [1.807, 2.05) is 6.92 Å². The number of nitrogens with one attached hydrogen (secondary N) is 1. The third-order valence-corrected chi connectivity index (χ3v) is 3.38. The summed E-state index contributed by atoms with van der Waals surface area (Å²) >= 11 is 9.16. The number of methoxy groups -OCH3 is 1. The maximum atomic E-state index is 12.3. The van der Waals surface area contributed by atoms with Crippen LogP contribution in [0.4, 0.5) is 5.69 Å². The summed E-state index contributed by atoms with van der Waals surface area (Å²) in [6.45, 7) is 1.82. The summed E-state index contributed by atoms with van der Waals surface area (Å²) < 4.78 is 5.89. The molecular formula is C14H12BrClN2O2. The molecule has 6 heteroatoms. The molecule has 104 valence electrons. The maximum absolute atomic E-state index is 12.3. The second kappa shape index (κ2) is 6.24. The van der Waals surface area contributed by atoms with Gasteiger partial charge in [-0.2, -0.15) is 0 Å². The summed E-state index contributed by atoms with van der Waals surface area (Å²) in [5.41, 5.74) is 1.79. The molecule has 1 aromatic heterocycles. The van der Waals surface area contributed by atoms with E-state index >= 15 is 0 Å². The van der Waals surface area contributed by atoms with Gasteiger partial charge in [0.1, 0.15) is 10.4 Å². The lowest BCUT2D eigenvalue weighted by Gasteiger charge is -2.11. The van der Waals surface area contributed by atoms with Crippen LogP contribution in [0.25, 0.3) is 0 Å². The number of amides is 1. The number of nitrogens with zero attached hydrogens (tertiary/aromatic N) is 1. The van der Waals surface area contributed by atoms with Crippen molar-refractivity contribution in [1.29, 1.82) is 0 Å². The van der Waals surface area contributed by atoms with Crippen molar-refractivity contribution in [2.75, 3.05) is 12.4 Å². The van der Waals surface area contributed by atoms with Gasteiger partial charge in [0.05, 0.1) is 24.1 Å². The van der Waals surface area contributed by atoms with Crippen molar-refractivity contribution in [3.8, 4) is 5.75 Å². The Labute approximate surface area is 130 Å². The summed E-state index contributed by atoms with van der Waals surface area (Å²) in [6.07, 6.45) is 0. The highest BCUT2D eigenvalue weighted by Gasteiger charge is 2.14. The standard InChI is InChI=1S/C14H12BrClN2O2/c1-8-11(5-6-13(15)17-8)18-14(19)10-4-3-9(16)7-12(10)20-2/h3-7H,1-2H3,(H,18,19). The van der Waals surface area contributed by atoms with Crippen LogP contribution in [0.5, 0.6) is 5.75 Å². The van der Waals surface area contributed by atoms with Crippen molar-refractivity contribution in [1.82, 2.24) is 4.98 Å². The minimum Gasteiger partial charge on any atom is -0.496 e. The third kappa shape index (κ3) is 3.29. The zero-order valence-corrected chi connectivity index (χ0v) is 13.2. The van der Waals surface area contributed by atoms with Crippen molar-refractivity contribution in [3.05, 3.63) is 51.2 Å². The lowest BCUT2D eigenvalue weighted by atomic mass is 10.2. The first-order valence-electron chi connectivity index (χ1n) is 5.79. The fraction of sp³-hybridized carbons (Fsp3) is 0.143. The predicted molar refractivity (Wildman–Crippen MR) is 82.6 cm³/mol. The first kappa shape index (κ1) is 14.8. The Morgan fingerprint density at radius 3 is 2.75 bits per heavy atom. The zero-order valence-electron chi connectivity index (χ0n) is 10.9. The van der Waals surface area contributed by atoms with E-state index in [1.54, 1.807) is 30.3 Å². The summed E-state index contributed by atoms with van der Waals surface area (Å²) in [6, 6.07) is 8.42. The molecule has 0 unspecified atom stereocenters. The molecule has 2 rings (SSSR count). The Hall–Kier alpha value is -1.59. The van der Waals surface area contributed by atoms with Gasteiger partial charge >= 0.3 is 0 Å². The van der Waals surface area contributed by atoms with E-state index < -0.39 is 0 Å². The number of ether oxygens (including phenoxy) is 1. The van der Waals surface area contributed by atoms with Gasteiger partial charge in [-0.15, -0.1) is 0 Å². The Morgan fingerprint density at radius 2 is 2.10 bits per heavy atom. The molecular weight excluding hydrogens is 344 g/mol. The number of benzene rings is 1. The number of hydrogen-bond donors (Lipinski definition) is 1. The average molecular weight is 356 g/mol. The molecule has 1 aromatic carbocycles. The van der Waals surface area contributed by atoms with Gasteiger partial charge in [0.25, 0.3) is 5.91 Å². The van der Waals surface area contributed by atoms with E-state index in [-0.39, 0.29) is 5.91 Å². The van der Waals surface area contributed by atoms with E-state index in [2.05, 4.69) is 26.2 Å². The Bertz CT molecular complexity index is 662. The monoisotopic (exact) mass is 354 g/mol. The summed E-state index contributed by atoms with van der Waals surface area (Å²) in [5, 5.41) is 3.32. The Kier molecular flexibility index (Phi) is 4.62. The van der Waals surface area contributed by atoms with Crippen LogP contribution < -0.4 is 10.1 Å². The number of pyridine rings is 1. The molecule has 0 atom stereocenters. The number of aryl methyl sites for hydroxylation is 1. The first-order chi connectivity index (χ1) is 9.51. The van der Waals surface area contributed by atoms with E-state index in [1.165, 1.54) is 7.11 Å². The number of rotatable bonds is 3. The average Bonchev–Trinajstić information content (AvgIpc) is 2.41. The zero-order chi connectivity index (χ0) is 14.7. The fourth-order valence-electron chi connectivity index (χ4n) is 1.70. The molecule has 0 bridgehead atoms. The molecule has 0 spiro atoms. The minimum atomic E-state index is -0.272. The second-order valence-electron chi connectivity index (χ2n) is 4.07. The highest BCUT2D eigenvalue weighted by atomic mass is 79.9. The van der Waals surface area contributed by atoms with Crippen LogP contribution in [0.3, 0.4) is 0 Å². The summed E-state index contributed by atoms with van der Waals surface area (Å²) in [4.78, 5) is 16.5. The molecule has 2 aromatic rings. The lowest BCUT2D eigenvalue weighted by Crippen LogP contribution is -2.14. The molecule has 0 aliphatic carbocycles. The van der Waals surface area contributed by atoms with Crippen LogP contribution in [0.15, 0.2) is 34.9 Å². The Morgan fingerprint density at radius 1 is 1.35 bits per heavy atom.